The number of aromatic nitrogens is 1. The molecule has 0 fully saturated rings. The SMILES string of the molecule is Cc1ccsc1C(C)(O)c1nc(Br)cs1. The summed E-state index contributed by atoms with van der Waals surface area (Å²) in [6.45, 7) is 3.79. The van der Waals surface area contributed by atoms with E-state index in [0.29, 0.717) is 0 Å². The Morgan fingerprint density at radius 1 is 1.47 bits per heavy atom. The van der Waals surface area contributed by atoms with Crippen molar-refractivity contribution in [3.05, 3.63) is 36.9 Å². The molecular formula is C10H10BrNOS2. The molecule has 0 saturated carbocycles. The van der Waals surface area contributed by atoms with E-state index in [1.54, 1.807) is 18.3 Å². The Morgan fingerprint density at radius 2 is 2.20 bits per heavy atom. The predicted octanol–water partition coefficient (Wildman–Crippen LogP) is 3.53. The second-order valence-corrected chi connectivity index (χ2v) is 6.07. The first-order valence-corrected chi connectivity index (χ1v) is 6.95. The lowest BCUT2D eigenvalue weighted by Crippen LogP contribution is -2.22. The van der Waals surface area contributed by atoms with Gasteiger partial charge in [0, 0.05) is 10.3 Å². The van der Waals surface area contributed by atoms with Crippen LogP contribution in [0.2, 0.25) is 0 Å². The van der Waals surface area contributed by atoms with Gasteiger partial charge in [-0.3, -0.25) is 0 Å². The fourth-order valence-electron chi connectivity index (χ4n) is 1.45. The van der Waals surface area contributed by atoms with Crippen molar-refractivity contribution in [1.29, 1.82) is 0 Å². The van der Waals surface area contributed by atoms with Crippen LogP contribution in [0.5, 0.6) is 0 Å². The zero-order valence-corrected chi connectivity index (χ0v) is 11.5. The van der Waals surface area contributed by atoms with Gasteiger partial charge in [0.15, 0.2) is 0 Å². The zero-order valence-electron chi connectivity index (χ0n) is 8.32. The van der Waals surface area contributed by atoms with Crippen LogP contribution in [0.1, 0.15) is 22.4 Å². The van der Waals surface area contributed by atoms with Crippen molar-refractivity contribution in [2.45, 2.75) is 19.4 Å². The van der Waals surface area contributed by atoms with Gasteiger partial charge in [-0.05, 0) is 46.8 Å². The van der Waals surface area contributed by atoms with Crippen molar-refractivity contribution in [2.75, 3.05) is 0 Å². The summed E-state index contributed by atoms with van der Waals surface area (Å²) in [6, 6.07) is 2.01. The summed E-state index contributed by atoms with van der Waals surface area (Å²) in [7, 11) is 0. The summed E-state index contributed by atoms with van der Waals surface area (Å²) in [5.74, 6) is 0. The first-order chi connectivity index (χ1) is 7.01. The molecular weight excluding hydrogens is 294 g/mol. The Kier molecular flexibility index (Phi) is 2.98. The number of thiophene rings is 1. The molecule has 2 rings (SSSR count). The average molecular weight is 304 g/mol. The van der Waals surface area contributed by atoms with Gasteiger partial charge in [-0.2, -0.15) is 0 Å². The molecule has 2 nitrogen and oxygen atoms in total. The van der Waals surface area contributed by atoms with E-state index in [2.05, 4.69) is 20.9 Å². The van der Waals surface area contributed by atoms with Crippen LogP contribution in [0.4, 0.5) is 0 Å². The fourth-order valence-corrected chi connectivity index (χ4v) is 3.82. The van der Waals surface area contributed by atoms with Gasteiger partial charge in [0.25, 0.3) is 0 Å². The van der Waals surface area contributed by atoms with Crippen LogP contribution in [0, 0.1) is 6.92 Å². The van der Waals surface area contributed by atoms with Gasteiger partial charge in [0.05, 0.1) is 0 Å². The highest BCUT2D eigenvalue weighted by Gasteiger charge is 2.31. The minimum atomic E-state index is -0.977. The Bertz CT molecular complexity index is 475. The number of nitrogens with zero attached hydrogens (tertiary/aromatic N) is 1. The maximum Gasteiger partial charge on any atom is 0.147 e. The summed E-state index contributed by atoms with van der Waals surface area (Å²) in [5, 5.41) is 15.1. The number of halogens is 1. The first-order valence-electron chi connectivity index (χ1n) is 4.40. The third-order valence-electron chi connectivity index (χ3n) is 2.20. The molecule has 0 spiro atoms. The number of aryl methyl sites for hydroxylation is 1. The second-order valence-electron chi connectivity index (χ2n) is 3.48. The minimum absolute atomic E-state index is 0.722. The monoisotopic (exact) mass is 303 g/mol. The molecule has 1 unspecified atom stereocenters. The van der Waals surface area contributed by atoms with Crippen molar-refractivity contribution in [3.63, 3.8) is 0 Å². The molecule has 2 aromatic rings. The molecule has 2 aromatic heterocycles. The van der Waals surface area contributed by atoms with Crippen LogP contribution < -0.4 is 0 Å². The minimum Gasteiger partial charge on any atom is -0.377 e. The van der Waals surface area contributed by atoms with E-state index in [0.717, 1.165) is 20.1 Å². The highest BCUT2D eigenvalue weighted by Crippen LogP contribution is 2.36. The molecule has 0 bridgehead atoms. The molecule has 0 aliphatic heterocycles. The molecule has 0 aliphatic rings. The molecule has 1 N–H and O–H groups in total. The molecule has 0 aromatic carbocycles. The quantitative estimate of drug-likeness (QED) is 0.920. The molecule has 1 atom stereocenters. The van der Waals surface area contributed by atoms with Crippen molar-refractivity contribution in [3.8, 4) is 0 Å². The van der Waals surface area contributed by atoms with Gasteiger partial charge < -0.3 is 5.11 Å². The molecule has 2 heterocycles. The van der Waals surface area contributed by atoms with E-state index in [9.17, 15) is 5.11 Å². The van der Waals surface area contributed by atoms with E-state index >= 15 is 0 Å². The van der Waals surface area contributed by atoms with Gasteiger partial charge in [-0.15, -0.1) is 22.7 Å². The van der Waals surface area contributed by atoms with Crippen molar-refractivity contribution in [2.24, 2.45) is 0 Å². The smallest absolute Gasteiger partial charge is 0.147 e. The standard InChI is InChI=1S/C10H10BrNOS2/c1-6-3-4-14-8(6)10(2,13)9-12-7(11)5-15-9/h3-5,13H,1-2H3. The molecule has 0 amide bonds. The van der Waals surface area contributed by atoms with Gasteiger partial charge >= 0.3 is 0 Å². The number of rotatable bonds is 2. The summed E-state index contributed by atoms with van der Waals surface area (Å²) < 4.78 is 0.775. The lowest BCUT2D eigenvalue weighted by molar-refractivity contribution is 0.105. The third-order valence-corrected chi connectivity index (χ3v) is 5.19. The number of hydrogen-bond donors (Lipinski definition) is 1. The molecule has 80 valence electrons. The second kappa shape index (κ2) is 3.97. The number of aliphatic hydroxyl groups is 1. The highest BCUT2D eigenvalue weighted by molar-refractivity contribution is 9.10. The van der Waals surface area contributed by atoms with Crippen molar-refractivity contribution in [1.82, 2.24) is 4.98 Å². The van der Waals surface area contributed by atoms with Crippen LogP contribution in [0.3, 0.4) is 0 Å². The maximum absolute atomic E-state index is 10.5. The van der Waals surface area contributed by atoms with Gasteiger partial charge in [-0.25, -0.2) is 4.98 Å². The Labute approximate surface area is 105 Å². The molecule has 0 radical (unpaired) electrons. The Balaban J connectivity index is 2.47. The highest BCUT2D eigenvalue weighted by atomic mass is 79.9. The van der Waals surface area contributed by atoms with E-state index in [1.807, 2.05) is 23.8 Å². The normalized spacial score (nSPS) is 15.2. The number of thiazole rings is 1. The largest absolute Gasteiger partial charge is 0.377 e. The van der Waals surface area contributed by atoms with E-state index in [4.69, 9.17) is 0 Å². The molecule has 5 heteroatoms. The third kappa shape index (κ3) is 2.01. The molecule has 0 saturated heterocycles. The van der Waals surface area contributed by atoms with Crippen LogP contribution in [-0.4, -0.2) is 10.1 Å². The molecule has 15 heavy (non-hydrogen) atoms. The van der Waals surface area contributed by atoms with E-state index in [-0.39, 0.29) is 0 Å². The van der Waals surface area contributed by atoms with Crippen molar-refractivity contribution < 1.29 is 5.11 Å². The fraction of sp³-hybridized carbons (Fsp3) is 0.300. The van der Waals surface area contributed by atoms with Crippen molar-refractivity contribution >= 4 is 38.6 Å². The summed E-state index contributed by atoms with van der Waals surface area (Å²) in [5.41, 5.74) is 0.130. The maximum atomic E-state index is 10.5. The van der Waals surface area contributed by atoms with E-state index < -0.39 is 5.60 Å². The Morgan fingerprint density at radius 3 is 2.67 bits per heavy atom. The van der Waals surface area contributed by atoms with Gasteiger partial charge in [0.2, 0.25) is 0 Å². The summed E-state index contributed by atoms with van der Waals surface area (Å²) >= 11 is 6.32. The van der Waals surface area contributed by atoms with Gasteiger partial charge in [-0.1, -0.05) is 0 Å². The summed E-state index contributed by atoms with van der Waals surface area (Å²) in [4.78, 5) is 5.23. The Hall–Kier alpha value is -0.230. The molecule has 0 aliphatic carbocycles. The van der Waals surface area contributed by atoms with E-state index in [1.165, 1.54) is 11.3 Å². The lowest BCUT2D eigenvalue weighted by atomic mass is 10.0. The van der Waals surface area contributed by atoms with Crippen LogP contribution in [0.25, 0.3) is 0 Å². The lowest BCUT2D eigenvalue weighted by Gasteiger charge is -2.20. The van der Waals surface area contributed by atoms with Crippen LogP contribution in [-0.2, 0) is 5.60 Å². The number of hydrogen-bond acceptors (Lipinski definition) is 4. The van der Waals surface area contributed by atoms with Crippen LogP contribution in [0.15, 0.2) is 21.4 Å². The average Bonchev–Trinajstić information content (AvgIpc) is 2.74. The summed E-state index contributed by atoms with van der Waals surface area (Å²) in [6.07, 6.45) is 0. The zero-order chi connectivity index (χ0) is 11.1. The van der Waals surface area contributed by atoms with Gasteiger partial charge in [0.1, 0.15) is 15.2 Å². The predicted molar refractivity (Wildman–Crippen MR) is 67.5 cm³/mol. The topological polar surface area (TPSA) is 33.1 Å². The van der Waals surface area contributed by atoms with Crippen LogP contribution >= 0.6 is 38.6 Å². The first kappa shape index (κ1) is 11.3.